The highest BCUT2D eigenvalue weighted by molar-refractivity contribution is 7.20. The van der Waals surface area contributed by atoms with Gasteiger partial charge in [-0.25, -0.2) is 4.98 Å². The molecule has 0 saturated heterocycles. The summed E-state index contributed by atoms with van der Waals surface area (Å²) < 4.78 is 1.37. The lowest BCUT2D eigenvalue weighted by atomic mass is 10.1. The molecule has 0 aliphatic heterocycles. The smallest absolute Gasteiger partial charge is 0.275 e. The van der Waals surface area contributed by atoms with Gasteiger partial charge >= 0.3 is 0 Å². The van der Waals surface area contributed by atoms with E-state index in [1.165, 1.54) is 28.1 Å². The molecule has 0 saturated carbocycles. The number of hydrogen-bond donors (Lipinski definition) is 0. The molecular formula is C12H18N4OS. The molecule has 0 bridgehead atoms. The normalized spacial score (nSPS) is 12.8. The summed E-state index contributed by atoms with van der Waals surface area (Å²) in [4.78, 5) is 18.7. The first kappa shape index (κ1) is 13.0. The largest absolute Gasteiger partial charge is 0.347 e. The van der Waals surface area contributed by atoms with E-state index in [9.17, 15) is 4.79 Å². The maximum Gasteiger partial charge on any atom is 0.275 e. The van der Waals surface area contributed by atoms with Gasteiger partial charge in [0.25, 0.3) is 5.56 Å². The summed E-state index contributed by atoms with van der Waals surface area (Å²) in [5, 5.41) is 5.23. The van der Waals surface area contributed by atoms with Gasteiger partial charge in [-0.1, -0.05) is 31.6 Å². The Hall–Kier alpha value is -1.43. The van der Waals surface area contributed by atoms with Crippen molar-refractivity contribution in [3.8, 4) is 0 Å². The second-order valence-electron chi connectivity index (χ2n) is 4.41. The van der Waals surface area contributed by atoms with Crippen LogP contribution in [0, 0.1) is 5.92 Å². The second-order valence-corrected chi connectivity index (χ2v) is 5.35. The van der Waals surface area contributed by atoms with Crippen molar-refractivity contribution in [2.75, 3.05) is 18.0 Å². The Morgan fingerprint density at radius 2 is 2.28 bits per heavy atom. The molecule has 0 aliphatic rings. The van der Waals surface area contributed by atoms with E-state index in [0.29, 0.717) is 10.9 Å². The van der Waals surface area contributed by atoms with Gasteiger partial charge in [-0.15, -0.1) is 5.10 Å². The van der Waals surface area contributed by atoms with Gasteiger partial charge in [0, 0.05) is 25.4 Å². The van der Waals surface area contributed by atoms with Crippen molar-refractivity contribution in [2.45, 2.75) is 27.2 Å². The Kier molecular flexibility index (Phi) is 3.96. The Morgan fingerprint density at radius 1 is 1.50 bits per heavy atom. The zero-order valence-electron chi connectivity index (χ0n) is 11.0. The van der Waals surface area contributed by atoms with Crippen molar-refractivity contribution in [1.82, 2.24) is 14.6 Å². The summed E-state index contributed by atoms with van der Waals surface area (Å²) in [6, 6.07) is 1.43. The lowest BCUT2D eigenvalue weighted by molar-refractivity contribution is 0.546. The van der Waals surface area contributed by atoms with Crippen LogP contribution in [0.25, 0.3) is 4.96 Å². The lowest BCUT2D eigenvalue weighted by Crippen LogP contribution is -2.28. The van der Waals surface area contributed by atoms with Gasteiger partial charge in [0.05, 0.1) is 0 Å². The molecule has 1 unspecified atom stereocenters. The fourth-order valence-electron chi connectivity index (χ4n) is 1.71. The van der Waals surface area contributed by atoms with E-state index in [4.69, 9.17) is 0 Å². The summed E-state index contributed by atoms with van der Waals surface area (Å²) in [6.45, 7) is 8.36. The fraction of sp³-hybridized carbons (Fsp3) is 0.583. The number of hydrogen-bond acceptors (Lipinski definition) is 5. The number of anilines is 1. The van der Waals surface area contributed by atoms with E-state index < -0.39 is 0 Å². The zero-order chi connectivity index (χ0) is 13.1. The predicted molar refractivity (Wildman–Crippen MR) is 74.5 cm³/mol. The molecule has 0 spiro atoms. The van der Waals surface area contributed by atoms with Gasteiger partial charge in [0.1, 0.15) is 0 Å². The van der Waals surface area contributed by atoms with Crippen LogP contribution in [0.1, 0.15) is 27.2 Å². The van der Waals surface area contributed by atoms with E-state index >= 15 is 0 Å². The van der Waals surface area contributed by atoms with Crippen LogP contribution in [0.5, 0.6) is 0 Å². The maximum atomic E-state index is 11.6. The maximum absolute atomic E-state index is 11.6. The Morgan fingerprint density at radius 3 is 2.89 bits per heavy atom. The molecule has 1 atom stereocenters. The van der Waals surface area contributed by atoms with Gasteiger partial charge in [0.2, 0.25) is 10.1 Å². The summed E-state index contributed by atoms with van der Waals surface area (Å²) in [5.74, 6) is 0.613. The minimum absolute atomic E-state index is 0.123. The van der Waals surface area contributed by atoms with Crippen molar-refractivity contribution in [3.63, 3.8) is 0 Å². The molecule has 6 heteroatoms. The van der Waals surface area contributed by atoms with Gasteiger partial charge in [-0.2, -0.15) is 4.52 Å². The van der Waals surface area contributed by atoms with Crippen LogP contribution < -0.4 is 10.5 Å². The van der Waals surface area contributed by atoms with Crippen molar-refractivity contribution >= 4 is 21.4 Å². The molecule has 2 aromatic heterocycles. The quantitative estimate of drug-likeness (QED) is 0.831. The second kappa shape index (κ2) is 5.48. The Bertz CT molecular complexity index is 577. The predicted octanol–water partition coefficient (Wildman–Crippen LogP) is 2.02. The molecule has 0 amide bonds. The highest BCUT2D eigenvalue weighted by Crippen LogP contribution is 2.22. The van der Waals surface area contributed by atoms with Crippen molar-refractivity contribution in [1.29, 1.82) is 0 Å². The van der Waals surface area contributed by atoms with Gasteiger partial charge < -0.3 is 4.90 Å². The molecule has 0 radical (unpaired) electrons. The van der Waals surface area contributed by atoms with Crippen molar-refractivity contribution < 1.29 is 0 Å². The van der Waals surface area contributed by atoms with Crippen LogP contribution in [0.3, 0.4) is 0 Å². The molecule has 98 valence electrons. The molecule has 0 aliphatic carbocycles. The minimum atomic E-state index is -0.123. The van der Waals surface area contributed by atoms with Crippen molar-refractivity contribution in [2.24, 2.45) is 5.92 Å². The first-order chi connectivity index (χ1) is 8.65. The standard InChI is InChI=1S/C12H18N4OS/c1-4-9(3)8-15(5-2)12-14-16-10(17)6-7-13-11(16)18-12/h6-7,9H,4-5,8H2,1-3H3. The summed E-state index contributed by atoms with van der Waals surface area (Å²) in [7, 11) is 0. The van der Waals surface area contributed by atoms with Crippen LogP contribution in [0.2, 0.25) is 0 Å². The van der Waals surface area contributed by atoms with Crippen LogP contribution in [0.4, 0.5) is 5.13 Å². The number of fused-ring (bicyclic) bond motifs is 1. The molecule has 0 fully saturated rings. The third-order valence-electron chi connectivity index (χ3n) is 3.04. The minimum Gasteiger partial charge on any atom is -0.347 e. The van der Waals surface area contributed by atoms with Crippen LogP contribution in [-0.2, 0) is 0 Å². The SMILES string of the molecule is CCC(C)CN(CC)c1nn2c(=O)ccnc2s1. The Labute approximate surface area is 110 Å². The summed E-state index contributed by atoms with van der Waals surface area (Å²) >= 11 is 1.46. The molecule has 2 rings (SSSR count). The molecule has 0 aromatic carbocycles. The van der Waals surface area contributed by atoms with E-state index in [2.05, 4.69) is 35.8 Å². The molecule has 2 heterocycles. The average molecular weight is 266 g/mol. The fourth-order valence-corrected chi connectivity index (χ4v) is 2.66. The number of rotatable bonds is 5. The first-order valence-electron chi connectivity index (χ1n) is 6.25. The van der Waals surface area contributed by atoms with Crippen molar-refractivity contribution in [3.05, 3.63) is 22.6 Å². The summed E-state index contributed by atoms with van der Waals surface area (Å²) in [6.07, 6.45) is 2.67. The number of aromatic nitrogens is 3. The third kappa shape index (κ3) is 2.53. The van der Waals surface area contributed by atoms with E-state index in [-0.39, 0.29) is 5.56 Å². The zero-order valence-corrected chi connectivity index (χ0v) is 11.8. The van der Waals surface area contributed by atoms with Gasteiger partial charge in [-0.05, 0) is 12.8 Å². The Balaban J connectivity index is 2.34. The van der Waals surface area contributed by atoms with E-state index in [0.717, 1.165) is 24.6 Å². The molecule has 18 heavy (non-hydrogen) atoms. The molecular weight excluding hydrogens is 248 g/mol. The summed E-state index contributed by atoms with van der Waals surface area (Å²) in [5.41, 5.74) is -0.123. The van der Waals surface area contributed by atoms with Crippen LogP contribution in [-0.4, -0.2) is 27.7 Å². The van der Waals surface area contributed by atoms with Crippen LogP contribution in [0.15, 0.2) is 17.1 Å². The van der Waals surface area contributed by atoms with E-state index in [1.807, 2.05) is 0 Å². The number of nitrogens with zero attached hydrogens (tertiary/aromatic N) is 4. The topological polar surface area (TPSA) is 50.5 Å². The monoisotopic (exact) mass is 266 g/mol. The molecule has 2 aromatic rings. The average Bonchev–Trinajstić information content (AvgIpc) is 2.80. The van der Waals surface area contributed by atoms with E-state index in [1.54, 1.807) is 0 Å². The molecule has 5 nitrogen and oxygen atoms in total. The third-order valence-corrected chi connectivity index (χ3v) is 4.02. The highest BCUT2D eigenvalue weighted by atomic mass is 32.1. The highest BCUT2D eigenvalue weighted by Gasteiger charge is 2.14. The van der Waals surface area contributed by atoms with Gasteiger partial charge in [0.15, 0.2) is 0 Å². The lowest BCUT2D eigenvalue weighted by Gasteiger charge is -2.22. The van der Waals surface area contributed by atoms with Crippen LogP contribution >= 0.6 is 11.3 Å². The van der Waals surface area contributed by atoms with Gasteiger partial charge in [-0.3, -0.25) is 4.79 Å². The molecule has 0 N–H and O–H groups in total. The first-order valence-corrected chi connectivity index (χ1v) is 7.07.